The second-order valence-electron chi connectivity index (χ2n) is 19.0. The maximum atomic E-state index is 5.76. The summed E-state index contributed by atoms with van der Waals surface area (Å²) in [5.41, 5.74) is 72.7. The number of guanidine groups is 3. The minimum Gasteiger partial charge on any atom is -0.386 e. The van der Waals surface area contributed by atoms with Crippen LogP contribution in [-0.4, -0.2) is 63.7 Å². The van der Waals surface area contributed by atoms with E-state index in [4.69, 9.17) is 57.3 Å². The Balaban J connectivity index is 0.000000359. The molecule has 0 aliphatic carbocycles. The summed E-state index contributed by atoms with van der Waals surface area (Å²) in [6, 6.07) is 41.4. The van der Waals surface area contributed by atoms with Gasteiger partial charge in [-0.1, -0.05) is 99.0 Å². The fourth-order valence-electron chi connectivity index (χ4n) is 8.44. The van der Waals surface area contributed by atoms with Gasteiger partial charge in [0.05, 0.1) is 5.82 Å². The van der Waals surface area contributed by atoms with Crippen LogP contribution in [0.25, 0.3) is 0 Å². The van der Waals surface area contributed by atoms with Gasteiger partial charge in [0.1, 0.15) is 0 Å². The molecule has 14 heteroatoms. The third kappa shape index (κ3) is 25.3. The Morgan fingerprint density at radius 3 is 0.827 bits per heavy atom. The first kappa shape index (κ1) is 64.1. The molecule has 0 bridgehead atoms. The Bertz CT molecular complexity index is 3160. The Labute approximate surface area is 481 Å². The topological polar surface area (TPSA) is 309 Å². The van der Waals surface area contributed by atoms with E-state index in [-0.39, 0.29) is 25.3 Å². The first-order valence-electron chi connectivity index (χ1n) is 26.9. The SMILES string of the molecule is C.C=C(N)NCCc1cc(C#Cc2ccc(C#Cc3cc(CCN=C(N)N)cc(CCN=C(N)N)c3)cc2)cc(CCN=C(N)N)c1.CCCc1cc(C#Cc2ccc(C#Cc3cc(CCN)cc(CCN)c3)cc2)cc(CCN)c1. The molecule has 81 heavy (non-hydrogen) atoms. The molecular formula is C67H82N14. The quantitative estimate of drug-likeness (QED) is 0.0257. The van der Waals surface area contributed by atoms with Crippen molar-refractivity contribution in [2.75, 3.05) is 45.8 Å². The summed E-state index contributed by atoms with van der Waals surface area (Å²) in [5, 5.41) is 3.06. The van der Waals surface area contributed by atoms with Gasteiger partial charge < -0.3 is 62.7 Å². The average molecular weight is 1080 g/mol. The molecule has 0 radical (unpaired) electrons. The molecule has 14 nitrogen and oxygen atoms in total. The predicted molar refractivity (Wildman–Crippen MR) is 340 cm³/mol. The zero-order valence-corrected chi connectivity index (χ0v) is 46.2. The summed E-state index contributed by atoms with van der Waals surface area (Å²) in [4.78, 5) is 12.3. The lowest BCUT2D eigenvalue weighted by atomic mass is 10.0. The summed E-state index contributed by atoms with van der Waals surface area (Å²) in [6.45, 7) is 9.92. The molecule has 6 rings (SSSR count). The Kier molecular flexibility index (Phi) is 27.8. The fourth-order valence-corrected chi connectivity index (χ4v) is 8.44. The van der Waals surface area contributed by atoms with Gasteiger partial charge in [-0.05, 0) is 213 Å². The van der Waals surface area contributed by atoms with Crippen LogP contribution in [-0.2, 0) is 51.4 Å². The van der Waals surface area contributed by atoms with E-state index in [2.05, 4.69) is 142 Å². The second-order valence-corrected chi connectivity index (χ2v) is 19.0. The van der Waals surface area contributed by atoms with E-state index >= 15 is 0 Å². The van der Waals surface area contributed by atoms with E-state index in [0.717, 1.165) is 105 Å². The van der Waals surface area contributed by atoms with Crippen LogP contribution in [0.5, 0.6) is 0 Å². The number of nitrogens with zero attached hydrogens (tertiary/aromatic N) is 3. The van der Waals surface area contributed by atoms with Gasteiger partial charge in [-0.2, -0.15) is 0 Å². The molecule has 420 valence electrons. The van der Waals surface area contributed by atoms with E-state index in [1.54, 1.807) is 0 Å². The largest absolute Gasteiger partial charge is 0.386 e. The van der Waals surface area contributed by atoms with Crippen molar-refractivity contribution in [1.82, 2.24) is 5.32 Å². The first-order chi connectivity index (χ1) is 38.7. The highest BCUT2D eigenvalue weighted by Crippen LogP contribution is 2.17. The van der Waals surface area contributed by atoms with Crippen LogP contribution < -0.4 is 62.7 Å². The van der Waals surface area contributed by atoms with Crippen LogP contribution in [0.15, 0.2) is 149 Å². The standard InChI is InChI=1S/C35H43N11.C31H35N3.CH4/c1-24(36)43-14-10-29-18-27(19-30(22-29)11-15-44-33(37)38)8-6-25-2-4-26(5-3-25)7-9-28-20-31(12-16-45-34(39)40)23-32(21-28)13-17-46-35(41)42;1-2-3-26-18-27(20-29(19-26)12-15-32)10-8-24-4-6-25(7-5-24)9-11-28-21-30(13-16-33)23-31(22-28)14-17-34;/h2-5,18-23,43H,1,10-17,36H2,(H4,37,38,44)(H4,39,40,45)(H4,41,42,46);4-7,18-23H,2-3,12-17,32-34H2,1H3;1H4. The maximum Gasteiger partial charge on any atom is 0.185 e. The third-order valence-electron chi connectivity index (χ3n) is 12.1. The molecule has 0 aromatic heterocycles. The van der Waals surface area contributed by atoms with Crippen molar-refractivity contribution in [2.24, 2.45) is 72.3 Å². The number of aryl methyl sites for hydroxylation is 1. The van der Waals surface area contributed by atoms with Gasteiger partial charge in [0, 0.05) is 70.7 Å². The highest BCUT2D eigenvalue weighted by Gasteiger charge is 2.05. The van der Waals surface area contributed by atoms with Crippen LogP contribution >= 0.6 is 0 Å². The third-order valence-corrected chi connectivity index (χ3v) is 12.1. The number of nitrogens with one attached hydrogen (secondary N) is 1. The average Bonchev–Trinajstić information content (AvgIpc) is 3.41. The molecule has 0 spiro atoms. The molecule has 0 saturated carbocycles. The van der Waals surface area contributed by atoms with Gasteiger partial charge in [0.2, 0.25) is 0 Å². The van der Waals surface area contributed by atoms with Crippen molar-refractivity contribution < 1.29 is 0 Å². The van der Waals surface area contributed by atoms with Gasteiger partial charge in [0.15, 0.2) is 17.9 Å². The second kappa shape index (κ2) is 35.2. The van der Waals surface area contributed by atoms with Crippen LogP contribution in [0.1, 0.15) is 110 Å². The molecular weight excluding hydrogens is 1000 g/mol. The summed E-state index contributed by atoms with van der Waals surface area (Å²) >= 11 is 0. The van der Waals surface area contributed by atoms with E-state index in [1.165, 1.54) is 22.3 Å². The Morgan fingerprint density at radius 2 is 0.593 bits per heavy atom. The normalized spacial score (nSPS) is 9.93. The van der Waals surface area contributed by atoms with Crippen molar-refractivity contribution in [3.63, 3.8) is 0 Å². The maximum absolute atomic E-state index is 5.76. The lowest BCUT2D eigenvalue weighted by Gasteiger charge is -2.08. The van der Waals surface area contributed by atoms with E-state index in [1.807, 2.05) is 60.7 Å². The van der Waals surface area contributed by atoms with Gasteiger partial charge >= 0.3 is 0 Å². The summed E-state index contributed by atoms with van der Waals surface area (Å²) in [5.74, 6) is 26.9. The predicted octanol–water partition coefficient (Wildman–Crippen LogP) is 5.07. The monoisotopic (exact) mass is 1080 g/mol. The summed E-state index contributed by atoms with van der Waals surface area (Å²) in [6.07, 6.45) is 7.56. The van der Waals surface area contributed by atoms with Crippen molar-refractivity contribution in [3.8, 4) is 47.4 Å². The van der Waals surface area contributed by atoms with Crippen molar-refractivity contribution in [1.29, 1.82) is 0 Å². The summed E-state index contributed by atoms with van der Waals surface area (Å²) < 4.78 is 0. The number of rotatable bonds is 21. The molecule has 6 aromatic carbocycles. The molecule has 21 N–H and O–H groups in total. The first-order valence-corrected chi connectivity index (χ1v) is 26.9. The van der Waals surface area contributed by atoms with Gasteiger partial charge in [-0.3, -0.25) is 15.0 Å². The van der Waals surface area contributed by atoms with Gasteiger partial charge in [0.25, 0.3) is 0 Å². The molecule has 0 aliphatic rings. The van der Waals surface area contributed by atoms with E-state index < -0.39 is 0 Å². The van der Waals surface area contributed by atoms with Crippen molar-refractivity contribution in [2.45, 2.75) is 72.1 Å². The molecule has 0 saturated heterocycles. The van der Waals surface area contributed by atoms with E-state index in [0.29, 0.717) is 70.9 Å². The Morgan fingerprint density at radius 1 is 0.358 bits per heavy atom. The lowest BCUT2D eigenvalue weighted by molar-refractivity contribution is 0.780. The minimum atomic E-state index is 0. The van der Waals surface area contributed by atoms with Gasteiger partial charge in [-0.15, -0.1) is 0 Å². The van der Waals surface area contributed by atoms with Crippen molar-refractivity contribution in [3.05, 3.63) is 223 Å². The summed E-state index contributed by atoms with van der Waals surface area (Å²) in [7, 11) is 0. The number of hydrogen-bond acceptors (Lipinski definition) is 8. The molecule has 0 unspecified atom stereocenters. The number of nitrogens with two attached hydrogens (primary N) is 10. The van der Waals surface area contributed by atoms with Crippen LogP contribution in [0.2, 0.25) is 0 Å². The molecule has 0 aliphatic heterocycles. The number of hydrogen-bond donors (Lipinski definition) is 11. The van der Waals surface area contributed by atoms with Crippen LogP contribution in [0, 0.1) is 47.4 Å². The van der Waals surface area contributed by atoms with Crippen molar-refractivity contribution >= 4 is 17.9 Å². The molecule has 0 fully saturated rings. The van der Waals surface area contributed by atoms with Gasteiger partial charge in [-0.25, -0.2) is 0 Å². The number of benzene rings is 6. The smallest absolute Gasteiger partial charge is 0.185 e. The molecule has 6 aromatic rings. The zero-order valence-electron chi connectivity index (χ0n) is 46.2. The highest BCUT2D eigenvalue weighted by atomic mass is 15.0. The highest BCUT2D eigenvalue weighted by molar-refractivity contribution is 5.76. The van der Waals surface area contributed by atoms with E-state index in [9.17, 15) is 0 Å². The molecule has 0 amide bonds. The zero-order chi connectivity index (χ0) is 57.5. The molecule has 0 heterocycles. The lowest BCUT2D eigenvalue weighted by Crippen LogP contribution is -2.23. The van der Waals surface area contributed by atoms with Crippen LogP contribution in [0.3, 0.4) is 0 Å². The molecule has 0 atom stereocenters. The Hall–Kier alpha value is -9.41. The minimum absolute atomic E-state index is 0. The van der Waals surface area contributed by atoms with Crippen LogP contribution in [0.4, 0.5) is 0 Å². The fraction of sp³-hybridized carbons (Fsp3) is 0.269. The number of aliphatic imine (C=N–C) groups is 3.